The Morgan fingerprint density at radius 3 is 2.81 bits per heavy atom. The smallest absolute Gasteiger partial charge is 0.290 e. The molecular formula is C19H11N3O3S. The summed E-state index contributed by atoms with van der Waals surface area (Å²) >= 11 is 0.836. The number of pyridine rings is 1. The summed E-state index contributed by atoms with van der Waals surface area (Å²) in [7, 11) is 0. The Labute approximate surface area is 152 Å². The first kappa shape index (κ1) is 16.1. The van der Waals surface area contributed by atoms with E-state index in [9.17, 15) is 9.59 Å². The highest BCUT2D eigenvalue weighted by Gasteiger charge is 2.25. The van der Waals surface area contributed by atoms with Gasteiger partial charge in [0, 0.05) is 29.4 Å². The highest BCUT2D eigenvalue weighted by molar-refractivity contribution is 8.18. The van der Waals surface area contributed by atoms with E-state index in [1.54, 1.807) is 30.6 Å². The monoisotopic (exact) mass is 361 g/mol. The average Bonchev–Trinajstić information content (AvgIpc) is 3.17. The first-order valence-electron chi connectivity index (χ1n) is 7.68. The highest BCUT2D eigenvalue weighted by atomic mass is 32.2. The lowest BCUT2D eigenvalue weighted by Gasteiger charge is -2.06. The fraction of sp³-hybridized carbons (Fsp3) is 0.0526. The topological polar surface area (TPSA) is 96.0 Å². The minimum atomic E-state index is -0.434. The van der Waals surface area contributed by atoms with Crippen molar-refractivity contribution >= 4 is 40.0 Å². The van der Waals surface area contributed by atoms with E-state index in [2.05, 4.69) is 16.4 Å². The molecule has 0 radical (unpaired) electrons. The molecule has 2 amide bonds. The van der Waals surface area contributed by atoms with Crippen molar-refractivity contribution in [1.82, 2.24) is 10.3 Å². The molecule has 1 N–H and O–H groups in total. The van der Waals surface area contributed by atoms with Crippen LogP contribution in [0.5, 0.6) is 0 Å². The molecule has 0 bridgehead atoms. The number of furan rings is 1. The molecule has 1 aliphatic rings. The van der Waals surface area contributed by atoms with E-state index in [4.69, 9.17) is 9.68 Å². The molecule has 3 aromatic rings. The Kier molecular flexibility index (Phi) is 3.82. The third-order valence-electron chi connectivity index (χ3n) is 4.01. The van der Waals surface area contributed by atoms with Crippen LogP contribution in [0.25, 0.3) is 28.2 Å². The van der Waals surface area contributed by atoms with Crippen molar-refractivity contribution in [1.29, 1.82) is 5.26 Å². The standard InChI is InChI=1S/C19H11N3O3S/c1-10-2-3-11(7-20)4-14(10)15-9-21-8-12-5-13(25-17(12)15)6-16-18(23)22-19(24)26-16/h2-6,8-9H,1H3,(H,22,23,24)/b16-6-. The number of nitrogens with one attached hydrogen (secondary N) is 1. The maximum atomic E-state index is 11.7. The summed E-state index contributed by atoms with van der Waals surface area (Å²) in [6.07, 6.45) is 4.89. The molecule has 1 aromatic carbocycles. The molecule has 1 aliphatic heterocycles. The van der Waals surface area contributed by atoms with Crippen LogP contribution in [-0.4, -0.2) is 16.1 Å². The van der Waals surface area contributed by atoms with Crippen molar-refractivity contribution in [2.75, 3.05) is 0 Å². The van der Waals surface area contributed by atoms with Crippen LogP contribution in [0.15, 0.2) is 46.0 Å². The van der Waals surface area contributed by atoms with Crippen LogP contribution in [0.4, 0.5) is 4.79 Å². The summed E-state index contributed by atoms with van der Waals surface area (Å²) < 4.78 is 5.92. The number of benzene rings is 1. The Bertz CT molecular complexity index is 1150. The number of nitriles is 1. The van der Waals surface area contributed by atoms with E-state index in [1.165, 1.54) is 6.08 Å². The van der Waals surface area contributed by atoms with E-state index in [0.717, 1.165) is 33.8 Å². The van der Waals surface area contributed by atoms with Gasteiger partial charge in [0.05, 0.1) is 16.5 Å². The molecule has 0 atom stereocenters. The maximum Gasteiger partial charge on any atom is 0.290 e. The van der Waals surface area contributed by atoms with Crippen molar-refractivity contribution < 1.29 is 14.0 Å². The summed E-state index contributed by atoms with van der Waals surface area (Å²) in [6, 6.07) is 9.33. The zero-order chi connectivity index (χ0) is 18.3. The van der Waals surface area contributed by atoms with Gasteiger partial charge in [0.25, 0.3) is 11.1 Å². The number of nitrogens with zero attached hydrogens (tertiary/aromatic N) is 2. The van der Waals surface area contributed by atoms with Crippen LogP contribution in [0, 0.1) is 18.3 Å². The lowest BCUT2D eigenvalue weighted by atomic mass is 9.99. The number of aryl methyl sites for hydroxylation is 1. The van der Waals surface area contributed by atoms with Gasteiger partial charge in [0.2, 0.25) is 0 Å². The zero-order valence-electron chi connectivity index (χ0n) is 13.6. The molecule has 4 rings (SSSR count). The van der Waals surface area contributed by atoms with E-state index >= 15 is 0 Å². The van der Waals surface area contributed by atoms with Crippen LogP contribution < -0.4 is 5.32 Å². The summed E-state index contributed by atoms with van der Waals surface area (Å²) in [4.78, 5) is 27.5. The van der Waals surface area contributed by atoms with Crippen molar-refractivity contribution in [3.05, 3.63) is 58.5 Å². The van der Waals surface area contributed by atoms with Crippen molar-refractivity contribution in [2.45, 2.75) is 6.92 Å². The van der Waals surface area contributed by atoms with E-state index in [-0.39, 0.29) is 4.91 Å². The molecule has 7 heteroatoms. The highest BCUT2D eigenvalue weighted by Crippen LogP contribution is 2.34. The number of thioether (sulfide) groups is 1. The number of imide groups is 1. The van der Waals surface area contributed by atoms with Crippen LogP contribution in [0.3, 0.4) is 0 Å². The number of rotatable bonds is 2. The predicted octanol–water partition coefficient (Wildman–Crippen LogP) is 4.00. The van der Waals surface area contributed by atoms with E-state index in [1.807, 2.05) is 13.0 Å². The number of amides is 2. The fourth-order valence-corrected chi connectivity index (χ4v) is 3.44. The minimum Gasteiger partial charge on any atom is -0.456 e. The summed E-state index contributed by atoms with van der Waals surface area (Å²) in [6.45, 7) is 1.95. The van der Waals surface area contributed by atoms with Crippen molar-refractivity contribution in [2.24, 2.45) is 0 Å². The van der Waals surface area contributed by atoms with Gasteiger partial charge in [-0.3, -0.25) is 19.9 Å². The van der Waals surface area contributed by atoms with Crippen molar-refractivity contribution in [3.8, 4) is 17.2 Å². The number of carbonyl (C=O) groups excluding carboxylic acids is 2. The van der Waals surface area contributed by atoms with Crippen LogP contribution in [-0.2, 0) is 4.79 Å². The van der Waals surface area contributed by atoms with E-state index < -0.39 is 11.1 Å². The Balaban J connectivity index is 1.85. The van der Waals surface area contributed by atoms with Gasteiger partial charge in [0.1, 0.15) is 11.3 Å². The first-order valence-corrected chi connectivity index (χ1v) is 8.50. The number of hydrogen-bond donors (Lipinski definition) is 1. The molecular weight excluding hydrogens is 350 g/mol. The molecule has 0 saturated carbocycles. The van der Waals surface area contributed by atoms with Crippen LogP contribution in [0.2, 0.25) is 0 Å². The molecule has 126 valence electrons. The van der Waals surface area contributed by atoms with Gasteiger partial charge >= 0.3 is 0 Å². The molecule has 0 aliphatic carbocycles. The summed E-state index contributed by atoms with van der Waals surface area (Å²) in [5.74, 6) is 0.0204. The molecule has 2 aromatic heterocycles. The molecule has 3 heterocycles. The molecule has 0 spiro atoms. The van der Waals surface area contributed by atoms with Crippen LogP contribution >= 0.6 is 11.8 Å². The number of carbonyl (C=O) groups is 2. The Morgan fingerprint density at radius 1 is 1.23 bits per heavy atom. The fourth-order valence-electron chi connectivity index (χ4n) is 2.78. The molecule has 1 saturated heterocycles. The second kappa shape index (κ2) is 6.17. The maximum absolute atomic E-state index is 11.7. The van der Waals surface area contributed by atoms with Gasteiger partial charge in [-0.25, -0.2) is 0 Å². The minimum absolute atomic E-state index is 0.284. The molecule has 6 nitrogen and oxygen atoms in total. The van der Waals surface area contributed by atoms with E-state index in [0.29, 0.717) is 16.9 Å². The number of hydrogen-bond acceptors (Lipinski definition) is 6. The molecule has 0 unspecified atom stereocenters. The molecule has 26 heavy (non-hydrogen) atoms. The van der Waals surface area contributed by atoms with Gasteiger partial charge < -0.3 is 4.42 Å². The summed E-state index contributed by atoms with van der Waals surface area (Å²) in [5, 5.41) is 11.7. The Morgan fingerprint density at radius 2 is 2.08 bits per heavy atom. The summed E-state index contributed by atoms with van der Waals surface area (Å²) in [5.41, 5.74) is 3.78. The van der Waals surface area contributed by atoms with Gasteiger partial charge in [-0.05, 0) is 48.0 Å². The van der Waals surface area contributed by atoms with Gasteiger partial charge in [0.15, 0.2) is 0 Å². The second-order valence-electron chi connectivity index (χ2n) is 5.75. The van der Waals surface area contributed by atoms with Gasteiger partial charge in [-0.15, -0.1) is 0 Å². The van der Waals surface area contributed by atoms with Crippen molar-refractivity contribution in [3.63, 3.8) is 0 Å². The number of fused-ring (bicyclic) bond motifs is 1. The Hall–Kier alpha value is -3.37. The van der Waals surface area contributed by atoms with Crippen LogP contribution in [0.1, 0.15) is 16.9 Å². The second-order valence-corrected chi connectivity index (χ2v) is 6.76. The third kappa shape index (κ3) is 2.76. The largest absolute Gasteiger partial charge is 0.456 e. The lowest BCUT2D eigenvalue weighted by molar-refractivity contribution is -0.115. The SMILES string of the molecule is Cc1ccc(C#N)cc1-c1cncc2cc(/C=C3\SC(=O)NC3=O)oc12. The average molecular weight is 361 g/mol. The normalized spacial score (nSPS) is 15.5. The quantitative estimate of drug-likeness (QED) is 0.693. The first-order chi connectivity index (χ1) is 12.5. The predicted molar refractivity (Wildman–Crippen MR) is 98.0 cm³/mol. The van der Waals surface area contributed by atoms with Gasteiger partial charge in [-0.2, -0.15) is 5.26 Å². The third-order valence-corrected chi connectivity index (χ3v) is 4.82. The zero-order valence-corrected chi connectivity index (χ0v) is 14.4. The number of aromatic nitrogens is 1. The van der Waals surface area contributed by atoms with Gasteiger partial charge in [-0.1, -0.05) is 6.07 Å². The lowest BCUT2D eigenvalue weighted by Crippen LogP contribution is -2.17. The molecule has 1 fully saturated rings.